The van der Waals surface area contributed by atoms with Crippen LogP contribution in [0.1, 0.15) is 26.3 Å². The Bertz CT molecular complexity index is 384. The molecule has 1 aromatic carbocycles. The Morgan fingerprint density at radius 2 is 2.06 bits per heavy atom. The molecule has 0 heterocycles. The third-order valence-corrected chi connectivity index (χ3v) is 3.35. The van der Waals surface area contributed by atoms with Crippen LogP contribution in [-0.2, 0) is 11.2 Å². The van der Waals surface area contributed by atoms with E-state index in [0.717, 1.165) is 5.56 Å². The molecule has 0 aliphatic rings. The maximum absolute atomic E-state index is 13.3. The summed E-state index contributed by atoms with van der Waals surface area (Å²) in [4.78, 5) is 0. The van der Waals surface area contributed by atoms with Crippen LogP contribution in [0.15, 0.2) is 18.2 Å². The third-order valence-electron chi connectivity index (χ3n) is 2.93. The fourth-order valence-electron chi connectivity index (χ4n) is 2.08. The largest absolute Gasteiger partial charge is 0.377 e. The molecule has 0 amide bonds. The molecule has 2 nitrogen and oxygen atoms in total. The molecular weight excluding hydrogens is 253 g/mol. The smallest absolute Gasteiger partial charge is 0.142 e. The van der Waals surface area contributed by atoms with Crippen LogP contribution in [0, 0.1) is 11.7 Å². The van der Waals surface area contributed by atoms with Crippen molar-refractivity contribution >= 4 is 11.6 Å². The van der Waals surface area contributed by atoms with Gasteiger partial charge in [-0.15, -0.1) is 0 Å². The number of benzene rings is 1. The van der Waals surface area contributed by atoms with E-state index in [9.17, 15) is 4.39 Å². The summed E-state index contributed by atoms with van der Waals surface area (Å²) in [5, 5.41) is 0.159. The van der Waals surface area contributed by atoms with Crippen LogP contribution in [0.4, 0.5) is 4.39 Å². The summed E-state index contributed by atoms with van der Waals surface area (Å²) >= 11 is 5.93. The van der Waals surface area contributed by atoms with Crippen molar-refractivity contribution in [2.75, 3.05) is 6.61 Å². The lowest BCUT2D eigenvalue weighted by Gasteiger charge is -2.27. The molecule has 4 heteroatoms. The van der Waals surface area contributed by atoms with Gasteiger partial charge in [-0.3, -0.25) is 0 Å². The van der Waals surface area contributed by atoms with Crippen LogP contribution in [0.2, 0.25) is 5.02 Å². The summed E-state index contributed by atoms with van der Waals surface area (Å²) in [6.07, 6.45) is 0.466. The van der Waals surface area contributed by atoms with Gasteiger partial charge in [-0.25, -0.2) is 4.39 Å². The molecule has 2 unspecified atom stereocenters. The number of hydrogen-bond acceptors (Lipinski definition) is 2. The van der Waals surface area contributed by atoms with Gasteiger partial charge < -0.3 is 10.5 Å². The quantitative estimate of drug-likeness (QED) is 0.862. The first-order valence-electron chi connectivity index (χ1n) is 6.27. The van der Waals surface area contributed by atoms with E-state index in [1.807, 2.05) is 6.92 Å². The second-order valence-electron chi connectivity index (χ2n) is 4.74. The van der Waals surface area contributed by atoms with E-state index in [1.54, 1.807) is 12.1 Å². The SMILES string of the molecule is CCOC(C(C)C)C(N)Cc1cccc(F)c1Cl. The van der Waals surface area contributed by atoms with Gasteiger partial charge in [0.05, 0.1) is 11.1 Å². The maximum atomic E-state index is 13.3. The summed E-state index contributed by atoms with van der Waals surface area (Å²) in [6, 6.07) is 4.60. The zero-order valence-corrected chi connectivity index (χ0v) is 11.9. The van der Waals surface area contributed by atoms with Crippen molar-refractivity contribution in [3.8, 4) is 0 Å². The van der Waals surface area contributed by atoms with Gasteiger partial charge in [0.15, 0.2) is 0 Å². The number of ether oxygens (including phenoxy) is 1. The van der Waals surface area contributed by atoms with Crippen LogP contribution in [0.25, 0.3) is 0 Å². The minimum absolute atomic E-state index is 0.0469. The molecule has 0 radical (unpaired) electrons. The molecule has 18 heavy (non-hydrogen) atoms. The zero-order valence-electron chi connectivity index (χ0n) is 11.1. The molecule has 0 saturated heterocycles. The molecule has 0 aromatic heterocycles. The summed E-state index contributed by atoms with van der Waals surface area (Å²) in [5.74, 6) is -0.0915. The van der Waals surface area contributed by atoms with E-state index in [0.29, 0.717) is 18.9 Å². The first-order valence-corrected chi connectivity index (χ1v) is 6.65. The van der Waals surface area contributed by atoms with E-state index in [1.165, 1.54) is 6.07 Å². The maximum Gasteiger partial charge on any atom is 0.142 e. The van der Waals surface area contributed by atoms with E-state index >= 15 is 0 Å². The van der Waals surface area contributed by atoms with Gasteiger partial charge >= 0.3 is 0 Å². The lowest BCUT2D eigenvalue weighted by Crippen LogP contribution is -2.42. The number of nitrogens with two attached hydrogens (primary N) is 1. The first-order chi connectivity index (χ1) is 8.47. The zero-order chi connectivity index (χ0) is 13.7. The van der Waals surface area contributed by atoms with Crippen molar-refractivity contribution in [1.82, 2.24) is 0 Å². The second kappa shape index (κ2) is 7.07. The summed E-state index contributed by atoms with van der Waals surface area (Å²) in [7, 11) is 0. The molecule has 0 bridgehead atoms. The van der Waals surface area contributed by atoms with Crippen molar-refractivity contribution in [2.45, 2.75) is 39.3 Å². The van der Waals surface area contributed by atoms with Gasteiger partial charge in [0, 0.05) is 12.6 Å². The van der Waals surface area contributed by atoms with Crippen molar-refractivity contribution < 1.29 is 9.13 Å². The van der Waals surface area contributed by atoms with E-state index < -0.39 is 5.82 Å². The molecule has 0 fully saturated rings. The highest BCUT2D eigenvalue weighted by Crippen LogP contribution is 2.22. The average molecular weight is 274 g/mol. The van der Waals surface area contributed by atoms with Crippen molar-refractivity contribution in [3.05, 3.63) is 34.6 Å². The molecule has 0 spiro atoms. The predicted octanol–water partition coefficient (Wildman–Crippen LogP) is 3.41. The van der Waals surface area contributed by atoms with Crippen LogP contribution in [-0.4, -0.2) is 18.8 Å². The van der Waals surface area contributed by atoms with Crippen molar-refractivity contribution in [1.29, 1.82) is 0 Å². The number of hydrogen-bond donors (Lipinski definition) is 1. The van der Waals surface area contributed by atoms with E-state index in [4.69, 9.17) is 22.1 Å². The Morgan fingerprint density at radius 1 is 1.39 bits per heavy atom. The Morgan fingerprint density at radius 3 is 2.61 bits per heavy atom. The highest BCUT2D eigenvalue weighted by atomic mass is 35.5. The van der Waals surface area contributed by atoms with Gasteiger partial charge in [0.1, 0.15) is 5.82 Å². The molecule has 1 rings (SSSR count). The van der Waals surface area contributed by atoms with Crippen LogP contribution in [0.5, 0.6) is 0 Å². The number of rotatable bonds is 6. The van der Waals surface area contributed by atoms with Crippen LogP contribution < -0.4 is 5.73 Å². The van der Waals surface area contributed by atoms with Gasteiger partial charge in [-0.2, -0.15) is 0 Å². The predicted molar refractivity (Wildman–Crippen MR) is 73.3 cm³/mol. The molecule has 0 aliphatic heterocycles. The Kier molecular flexibility index (Phi) is 6.06. The van der Waals surface area contributed by atoms with E-state index in [2.05, 4.69) is 13.8 Å². The number of halogens is 2. The normalized spacial score (nSPS) is 14.8. The fourth-order valence-corrected chi connectivity index (χ4v) is 2.28. The molecule has 0 aliphatic carbocycles. The van der Waals surface area contributed by atoms with Crippen molar-refractivity contribution in [2.24, 2.45) is 11.7 Å². The molecule has 1 aromatic rings. The summed E-state index contributed by atoms with van der Waals surface area (Å²) in [6.45, 7) is 6.69. The highest BCUT2D eigenvalue weighted by Gasteiger charge is 2.23. The van der Waals surface area contributed by atoms with Crippen LogP contribution >= 0.6 is 11.6 Å². The van der Waals surface area contributed by atoms with Crippen molar-refractivity contribution in [3.63, 3.8) is 0 Å². The first kappa shape index (κ1) is 15.4. The van der Waals surface area contributed by atoms with Gasteiger partial charge in [0.25, 0.3) is 0 Å². The molecule has 0 saturated carbocycles. The fraction of sp³-hybridized carbons (Fsp3) is 0.571. The average Bonchev–Trinajstić information content (AvgIpc) is 2.31. The minimum atomic E-state index is -0.404. The Balaban J connectivity index is 2.79. The van der Waals surface area contributed by atoms with Gasteiger partial charge in [-0.05, 0) is 30.9 Å². The van der Waals surface area contributed by atoms with Crippen LogP contribution in [0.3, 0.4) is 0 Å². The Labute approximate surface area is 113 Å². The second-order valence-corrected chi connectivity index (χ2v) is 5.12. The third kappa shape index (κ3) is 3.94. The van der Waals surface area contributed by atoms with Gasteiger partial charge in [0.2, 0.25) is 0 Å². The molecule has 102 valence electrons. The standard InChI is InChI=1S/C14H21ClFNO/c1-4-18-14(9(2)3)12(17)8-10-6-5-7-11(16)13(10)15/h5-7,9,12,14H,4,8,17H2,1-3H3. The topological polar surface area (TPSA) is 35.2 Å². The molecule has 2 atom stereocenters. The molecular formula is C14H21ClFNO. The van der Waals surface area contributed by atoms with Gasteiger partial charge in [-0.1, -0.05) is 37.6 Å². The summed E-state index contributed by atoms with van der Waals surface area (Å²) in [5.41, 5.74) is 6.88. The lowest BCUT2D eigenvalue weighted by atomic mass is 9.94. The minimum Gasteiger partial charge on any atom is -0.377 e. The highest BCUT2D eigenvalue weighted by molar-refractivity contribution is 6.31. The monoisotopic (exact) mass is 273 g/mol. The summed E-state index contributed by atoms with van der Waals surface area (Å²) < 4.78 is 19.0. The molecule has 2 N–H and O–H groups in total. The lowest BCUT2D eigenvalue weighted by molar-refractivity contribution is 0.0127. The Hall–Kier alpha value is -0.640. The van der Waals surface area contributed by atoms with E-state index in [-0.39, 0.29) is 17.2 Å².